The molecule has 0 aromatic heterocycles. The lowest BCUT2D eigenvalue weighted by Crippen LogP contribution is -2.45. The van der Waals surface area contributed by atoms with Gasteiger partial charge in [0.05, 0.1) is 13.2 Å². The van der Waals surface area contributed by atoms with Crippen LogP contribution in [0.2, 0.25) is 0 Å². The standard InChI is InChI=1S/C19H22N2O2/c1-20(2)19(22)21-12-11-14-9-10-16(23-3)13-17(14)18(21)15-7-5-4-6-8-15/h4-10,13,18H,11-12H2,1-3H3. The highest BCUT2D eigenvalue weighted by molar-refractivity contribution is 5.75. The summed E-state index contributed by atoms with van der Waals surface area (Å²) in [6.07, 6.45) is 0.863. The zero-order chi connectivity index (χ0) is 16.4. The Morgan fingerprint density at radius 3 is 2.57 bits per heavy atom. The fourth-order valence-corrected chi connectivity index (χ4v) is 3.18. The van der Waals surface area contributed by atoms with Gasteiger partial charge in [-0.1, -0.05) is 36.4 Å². The molecule has 4 heteroatoms. The van der Waals surface area contributed by atoms with Crippen molar-refractivity contribution in [2.75, 3.05) is 27.7 Å². The molecular formula is C19H22N2O2. The first-order valence-corrected chi connectivity index (χ1v) is 7.81. The van der Waals surface area contributed by atoms with Gasteiger partial charge in [-0.05, 0) is 35.2 Å². The number of urea groups is 1. The van der Waals surface area contributed by atoms with Crippen molar-refractivity contribution < 1.29 is 9.53 Å². The van der Waals surface area contributed by atoms with E-state index in [0.29, 0.717) is 0 Å². The first-order valence-electron chi connectivity index (χ1n) is 7.81. The van der Waals surface area contributed by atoms with Crippen LogP contribution in [-0.2, 0) is 6.42 Å². The topological polar surface area (TPSA) is 32.8 Å². The molecule has 2 aromatic carbocycles. The first kappa shape index (κ1) is 15.4. The maximum absolute atomic E-state index is 12.7. The summed E-state index contributed by atoms with van der Waals surface area (Å²) in [5.74, 6) is 0.823. The Morgan fingerprint density at radius 1 is 1.17 bits per heavy atom. The summed E-state index contributed by atoms with van der Waals surface area (Å²) in [6.45, 7) is 0.718. The number of carbonyl (C=O) groups is 1. The van der Waals surface area contributed by atoms with Crippen molar-refractivity contribution in [1.82, 2.24) is 9.80 Å². The van der Waals surface area contributed by atoms with E-state index in [2.05, 4.69) is 24.3 Å². The number of benzene rings is 2. The smallest absolute Gasteiger partial charge is 0.320 e. The van der Waals surface area contributed by atoms with Crippen LogP contribution in [0.3, 0.4) is 0 Å². The van der Waals surface area contributed by atoms with Crippen molar-refractivity contribution in [3.8, 4) is 5.75 Å². The van der Waals surface area contributed by atoms with E-state index in [0.717, 1.165) is 29.8 Å². The molecule has 0 radical (unpaired) electrons. The van der Waals surface area contributed by atoms with Gasteiger partial charge in [0.15, 0.2) is 0 Å². The molecule has 2 aromatic rings. The summed E-state index contributed by atoms with van der Waals surface area (Å²) in [5.41, 5.74) is 3.55. The molecule has 1 unspecified atom stereocenters. The highest BCUT2D eigenvalue weighted by Crippen LogP contribution is 2.37. The van der Waals surface area contributed by atoms with Crippen LogP contribution in [0.5, 0.6) is 5.75 Å². The maximum Gasteiger partial charge on any atom is 0.320 e. The zero-order valence-corrected chi connectivity index (χ0v) is 13.8. The molecule has 1 aliphatic rings. The van der Waals surface area contributed by atoms with E-state index >= 15 is 0 Å². The fourth-order valence-electron chi connectivity index (χ4n) is 3.18. The van der Waals surface area contributed by atoms with Crippen molar-refractivity contribution in [1.29, 1.82) is 0 Å². The second kappa shape index (κ2) is 6.32. The van der Waals surface area contributed by atoms with Gasteiger partial charge in [-0.15, -0.1) is 0 Å². The number of amides is 2. The predicted octanol–water partition coefficient (Wildman–Crippen LogP) is 3.32. The molecule has 0 bridgehead atoms. The van der Waals surface area contributed by atoms with Gasteiger partial charge in [0.25, 0.3) is 0 Å². The molecule has 3 rings (SSSR count). The van der Waals surface area contributed by atoms with Crippen molar-refractivity contribution in [3.63, 3.8) is 0 Å². The van der Waals surface area contributed by atoms with Crippen LogP contribution in [0.25, 0.3) is 0 Å². The molecule has 0 fully saturated rings. The quantitative estimate of drug-likeness (QED) is 0.852. The van der Waals surface area contributed by atoms with Gasteiger partial charge < -0.3 is 14.5 Å². The highest BCUT2D eigenvalue weighted by atomic mass is 16.5. The van der Waals surface area contributed by atoms with E-state index in [1.807, 2.05) is 29.2 Å². The molecule has 0 spiro atoms. The third kappa shape index (κ3) is 2.89. The second-order valence-electron chi connectivity index (χ2n) is 6.00. The Kier molecular flexibility index (Phi) is 4.24. The van der Waals surface area contributed by atoms with Crippen LogP contribution in [-0.4, -0.2) is 43.6 Å². The van der Waals surface area contributed by atoms with Gasteiger partial charge in [0, 0.05) is 20.6 Å². The summed E-state index contributed by atoms with van der Waals surface area (Å²) < 4.78 is 5.39. The number of nitrogens with zero attached hydrogens (tertiary/aromatic N) is 2. The summed E-state index contributed by atoms with van der Waals surface area (Å²) >= 11 is 0. The van der Waals surface area contributed by atoms with Crippen LogP contribution in [0.4, 0.5) is 4.79 Å². The Balaban J connectivity index is 2.12. The van der Waals surface area contributed by atoms with Crippen LogP contribution >= 0.6 is 0 Å². The summed E-state index contributed by atoms with van der Waals surface area (Å²) in [4.78, 5) is 16.2. The van der Waals surface area contributed by atoms with Gasteiger partial charge in [0.1, 0.15) is 5.75 Å². The summed E-state index contributed by atoms with van der Waals surface area (Å²) in [7, 11) is 5.27. The normalized spacial score (nSPS) is 16.7. The molecular weight excluding hydrogens is 288 g/mol. The van der Waals surface area contributed by atoms with Gasteiger partial charge in [-0.2, -0.15) is 0 Å². The first-order chi connectivity index (χ1) is 11.1. The van der Waals surface area contributed by atoms with Crippen molar-refractivity contribution in [2.24, 2.45) is 0 Å². The van der Waals surface area contributed by atoms with E-state index in [4.69, 9.17) is 4.74 Å². The maximum atomic E-state index is 12.7. The van der Waals surface area contributed by atoms with E-state index in [9.17, 15) is 4.79 Å². The molecule has 0 saturated carbocycles. The van der Waals surface area contributed by atoms with Crippen LogP contribution in [0, 0.1) is 0 Å². The number of carbonyl (C=O) groups excluding carboxylic acids is 1. The molecule has 0 N–H and O–H groups in total. The van der Waals surface area contributed by atoms with Gasteiger partial charge in [0.2, 0.25) is 0 Å². The van der Waals surface area contributed by atoms with Crippen molar-refractivity contribution >= 4 is 6.03 Å². The summed E-state index contributed by atoms with van der Waals surface area (Å²) in [5, 5.41) is 0. The fraction of sp³-hybridized carbons (Fsp3) is 0.316. The molecule has 1 aliphatic heterocycles. The van der Waals surface area contributed by atoms with Crippen molar-refractivity contribution in [2.45, 2.75) is 12.5 Å². The van der Waals surface area contributed by atoms with Crippen molar-refractivity contribution in [3.05, 3.63) is 65.2 Å². The molecule has 0 aliphatic carbocycles. The zero-order valence-electron chi connectivity index (χ0n) is 13.8. The monoisotopic (exact) mass is 310 g/mol. The molecule has 1 heterocycles. The van der Waals surface area contributed by atoms with E-state index < -0.39 is 0 Å². The number of methoxy groups -OCH3 is 1. The number of fused-ring (bicyclic) bond motifs is 1. The minimum atomic E-state index is -0.0788. The molecule has 4 nitrogen and oxygen atoms in total. The molecule has 120 valence electrons. The minimum absolute atomic E-state index is 0.0346. The Bertz CT molecular complexity index is 698. The predicted molar refractivity (Wildman–Crippen MR) is 90.8 cm³/mol. The molecule has 0 saturated heterocycles. The lowest BCUT2D eigenvalue weighted by atomic mass is 9.88. The Labute approximate surface area is 137 Å². The number of rotatable bonds is 2. The van der Waals surface area contributed by atoms with Gasteiger partial charge in [-0.3, -0.25) is 0 Å². The lowest BCUT2D eigenvalue weighted by molar-refractivity contribution is 0.154. The number of hydrogen-bond acceptors (Lipinski definition) is 2. The van der Waals surface area contributed by atoms with E-state index in [1.54, 1.807) is 26.1 Å². The third-order valence-corrected chi connectivity index (χ3v) is 4.32. The molecule has 2 amide bonds. The number of hydrogen-bond donors (Lipinski definition) is 0. The summed E-state index contributed by atoms with van der Waals surface area (Å²) in [6, 6.07) is 16.3. The lowest BCUT2D eigenvalue weighted by Gasteiger charge is -2.39. The van der Waals surface area contributed by atoms with E-state index in [-0.39, 0.29) is 12.1 Å². The average Bonchev–Trinajstić information content (AvgIpc) is 2.60. The molecule has 1 atom stereocenters. The van der Waals surface area contributed by atoms with Crippen LogP contribution in [0.1, 0.15) is 22.7 Å². The van der Waals surface area contributed by atoms with Crippen LogP contribution in [0.15, 0.2) is 48.5 Å². The Hall–Kier alpha value is -2.49. The number of ether oxygens (including phenoxy) is 1. The minimum Gasteiger partial charge on any atom is -0.497 e. The van der Waals surface area contributed by atoms with Crippen LogP contribution < -0.4 is 4.74 Å². The highest BCUT2D eigenvalue weighted by Gasteiger charge is 2.33. The second-order valence-corrected chi connectivity index (χ2v) is 6.00. The third-order valence-electron chi connectivity index (χ3n) is 4.32. The van der Waals surface area contributed by atoms with Gasteiger partial charge in [-0.25, -0.2) is 4.79 Å². The SMILES string of the molecule is COc1ccc2c(c1)C(c1ccccc1)N(C(=O)N(C)C)CC2. The van der Waals surface area contributed by atoms with E-state index in [1.165, 1.54) is 5.56 Å². The average molecular weight is 310 g/mol. The largest absolute Gasteiger partial charge is 0.497 e. The Morgan fingerprint density at radius 2 is 1.91 bits per heavy atom. The molecule has 23 heavy (non-hydrogen) atoms. The van der Waals surface area contributed by atoms with Gasteiger partial charge >= 0.3 is 6.03 Å².